The Kier molecular flexibility index (Phi) is 11.4. The van der Waals surface area contributed by atoms with Crippen LogP contribution in [0.3, 0.4) is 0 Å². The molecule has 0 spiro atoms. The molecule has 0 fully saturated rings. The molecule has 0 amide bonds. The summed E-state index contributed by atoms with van der Waals surface area (Å²) in [5.74, 6) is 0.859. The van der Waals surface area contributed by atoms with E-state index in [2.05, 4.69) is 21.3 Å². The van der Waals surface area contributed by atoms with Crippen LogP contribution in [0.15, 0.2) is 12.4 Å². The molecule has 16 heavy (non-hydrogen) atoms. The first-order valence-corrected chi connectivity index (χ1v) is 4.39. The predicted octanol–water partition coefficient (Wildman–Crippen LogP) is 1.18. The molecule has 82 valence electrons. The van der Waals surface area contributed by atoms with Gasteiger partial charge in [0.15, 0.2) is 0 Å². The van der Waals surface area contributed by atoms with Crippen LogP contribution in [0.4, 0.5) is 0 Å². The Labute approximate surface area is 147 Å². The summed E-state index contributed by atoms with van der Waals surface area (Å²) in [7, 11) is 1.85. The minimum absolute atomic E-state index is 0. The fourth-order valence-electron chi connectivity index (χ4n) is 0.986. The Morgan fingerprint density at radius 2 is 1.81 bits per heavy atom. The second kappa shape index (κ2) is 9.64. The van der Waals surface area contributed by atoms with Crippen LogP contribution in [0.1, 0.15) is 17.1 Å². The molecule has 2 aromatic rings. The fraction of sp³-hybridized carbons (Fsp3) is 0.400. The zero-order chi connectivity index (χ0) is 10.6. The van der Waals surface area contributed by atoms with Gasteiger partial charge in [-0.3, -0.25) is 5.10 Å². The van der Waals surface area contributed by atoms with Crippen LogP contribution >= 0.6 is 0 Å². The number of aryl methyl sites for hydroxylation is 4. The molecule has 2 aromatic heterocycles. The molecule has 0 bridgehead atoms. The van der Waals surface area contributed by atoms with Crippen molar-refractivity contribution >= 4 is 0 Å². The summed E-state index contributed by atoms with van der Waals surface area (Å²) in [6, 6.07) is 0. The third-order valence-electron chi connectivity index (χ3n) is 1.54. The molecule has 0 atom stereocenters. The maximum Gasteiger partial charge on any atom is 0.00775 e. The molecule has 2 radical (unpaired) electrons. The maximum absolute atomic E-state index is 4.00. The van der Waals surface area contributed by atoms with Crippen LogP contribution in [0.25, 0.3) is 0 Å². The first-order chi connectivity index (χ1) is 6.58. The number of nitrogens with zero attached hydrogens (tertiary/aromatic N) is 4. The topological polar surface area (TPSA) is 44.8 Å². The molecule has 0 N–H and O–H groups in total. The van der Waals surface area contributed by atoms with Gasteiger partial charge >= 0.3 is 0 Å². The standard InChI is InChI=1S/2C5H7N2.2Y/c1-5-3-6-7(2)4-5;1-4-3-6-5(2)7-4;;/h2*3H,1-2H3;;/q2*-1;;. The molecule has 2 rings (SSSR count). The van der Waals surface area contributed by atoms with Gasteiger partial charge in [0.1, 0.15) is 0 Å². The van der Waals surface area contributed by atoms with E-state index in [1.54, 1.807) is 17.1 Å². The molecule has 2 heterocycles. The zero-order valence-electron chi connectivity index (χ0n) is 10.1. The molecule has 0 aliphatic heterocycles. The molecule has 0 aliphatic rings. The molecular formula is C10H14N4Y2-2. The molecule has 0 aliphatic carbocycles. The first kappa shape index (κ1) is 19.0. The Morgan fingerprint density at radius 1 is 1.19 bits per heavy atom. The molecule has 6 heteroatoms. The molecule has 0 saturated carbocycles. The van der Waals surface area contributed by atoms with E-state index in [0.717, 1.165) is 17.1 Å². The van der Waals surface area contributed by atoms with E-state index in [0.29, 0.717) is 0 Å². The molecule has 0 aromatic carbocycles. The van der Waals surface area contributed by atoms with Crippen LogP contribution in [-0.2, 0) is 72.5 Å². The van der Waals surface area contributed by atoms with Gasteiger partial charge in [-0.25, -0.2) is 0 Å². The van der Waals surface area contributed by atoms with E-state index in [4.69, 9.17) is 0 Å². The van der Waals surface area contributed by atoms with Gasteiger partial charge in [-0.15, -0.1) is 12.4 Å². The van der Waals surface area contributed by atoms with Gasteiger partial charge in [0.05, 0.1) is 0 Å². The van der Waals surface area contributed by atoms with Crippen molar-refractivity contribution in [3.63, 3.8) is 0 Å². The van der Waals surface area contributed by atoms with Crippen molar-refractivity contribution < 1.29 is 65.4 Å². The second-order valence-electron chi connectivity index (χ2n) is 3.12. The molecule has 4 nitrogen and oxygen atoms in total. The Bertz CT molecular complexity index is 324. The fourth-order valence-corrected chi connectivity index (χ4v) is 0.986. The monoisotopic (exact) mass is 368 g/mol. The van der Waals surface area contributed by atoms with Crippen molar-refractivity contribution in [3.8, 4) is 0 Å². The van der Waals surface area contributed by atoms with Crippen molar-refractivity contribution in [2.75, 3.05) is 0 Å². The summed E-state index contributed by atoms with van der Waals surface area (Å²) in [6.45, 7) is 5.78. The van der Waals surface area contributed by atoms with Gasteiger partial charge in [0, 0.05) is 72.5 Å². The first-order valence-electron chi connectivity index (χ1n) is 4.39. The van der Waals surface area contributed by atoms with Crippen molar-refractivity contribution in [1.29, 1.82) is 0 Å². The van der Waals surface area contributed by atoms with Crippen LogP contribution < -0.4 is 4.98 Å². The van der Waals surface area contributed by atoms with Crippen molar-refractivity contribution in [1.82, 2.24) is 19.7 Å². The van der Waals surface area contributed by atoms with Gasteiger partial charge in [-0.2, -0.15) is 5.56 Å². The predicted molar refractivity (Wildman–Crippen MR) is 53.8 cm³/mol. The van der Waals surface area contributed by atoms with E-state index >= 15 is 0 Å². The number of rotatable bonds is 0. The minimum Gasteiger partial charge on any atom is -0.447 e. The normalized spacial score (nSPS) is 8.25. The third kappa shape index (κ3) is 7.83. The number of hydrogen-bond donors (Lipinski definition) is 0. The van der Waals surface area contributed by atoms with Crippen LogP contribution in [0, 0.1) is 27.0 Å². The average Bonchev–Trinajstić information content (AvgIpc) is 2.63. The van der Waals surface area contributed by atoms with E-state index in [-0.39, 0.29) is 65.4 Å². The summed E-state index contributed by atoms with van der Waals surface area (Å²) in [5, 5.41) is 3.88. The molecular weight excluding hydrogens is 354 g/mol. The Morgan fingerprint density at radius 3 is 1.94 bits per heavy atom. The Hall–Kier alpha value is 0.628. The minimum atomic E-state index is 0. The van der Waals surface area contributed by atoms with Gasteiger partial charge in [-0.05, 0) is 13.8 Å². The molecule has 0 saturated heterocycles. The quantitative estimate of drug-likeness (QED) is 0.657. The molecule has 0 unspecified atom stereocenters. The van der Waals surface area contributed by atoms with E-state index in [9.17, 15) is 0 Å². The van der Waals surface area contributed by atoms with Crippen LogP contribution in [0.2, 0.25) is 0 Å². The largest absolute Gasteiger partial charge is 0.447 e. The van der Waals surface area contributed by atoms with Gasteiger partial charge in [0.25, 0.3) is 0 Å². The Balaban J connectivity index is 0. The smallest absolute Gasteiger partial charge is 0.00775 e. The van der Waals surface area contributed by atoms with E-state index in [1.807, 2.05) is 27.8 Å². The van der Waals surface area contributed by atoms with Gasteiger partial charge < -0.3 is 14.6 Å². The zero-order valence-corrected chi connectivity index (χ0v) is 15.8. The van der Waals surface area contributed by atoms with E-state index in [1.165, 1.54) is 0 Å². The summed E-state index contributed by atoms with van der Waals surface area (Å²) < 4.78 is 1.66. The number of aromatic nitrogens is 4. The summed E-state index contributed by atoms with van der Waals surface area (Å²) in [6.07, 6.45) is 6.48. The van der Waals surface area contributed by atoms with Crippen LogP contribution in [-0.4, -0.2) is 14.8 Å². The summed E-state index contributed by atoms with van der Waals surface area (Å²) in [4.78, 5) is 7.91. The summed E-state index contributed by atoms with van der Waals surface area (Å²) in [5.41, 5.74) is 2.08. The average molecular weight is 368 g/mol. The second-order valence-corrected chi connectivity index (χ2v) is 3.12. The maximum atomic E-state index is 4.00. The van der Waals surface area contributed by atoms with E-state index < -0.39 is 0 Å². The SMILES string of the molecule is Cc1[c-]n(C)nc1.Cc1cnc(C)[n-]1.[Y].[Y]. The number of imidazole rings is 1. The van der Waals surface area contributed by atoms with Gasteiger partial charge in [-0.1, -0.05) is 24.6 Å². The van der Waals surface area contributed by atoms with Gasteiger partial charge in [0.2, 0.25) is 0 Å². The van der Waals surface area contributed by atoms with Crippen molar-refractivity contribution in [3.05, 3.63) is 35.7 Å². The summed E-state index contributed by atoms with van der Waals surface area (Å²) >= 11 is 0. The van der Waals surface area contributed by atoms with Crippen LogP contribution in [0.5, 0.6) is 0 Å². The van der Waals surface area contributed by atoms with Crippen molar-refractivity contribution in [2.45, 2.75) is 20.8 Å². The van der Waals surface area contributed by atoms with Crippen molar-refractivity contribution in [2.24, 2.45) is 7.05 Å². The third-order valence-corrected chi connectivity index (χ3v) is 1.54. The number of hydrogen-bond acceptors (Lipinski definition) is 2.